The first-order chi connectivity index (χ1) is 9.79. The van der Waals surface area contributed by atoms with Crippen molar-refractivity contribution < 1.29 is 0 Å². The third kappa shape index (κ3) is 1.82. The van der Waals surface area contributed by atoms with Gasteiger partial charge in [-0.15, -0.1) is 0 Å². The molecule has 2 aliphatic carbocycles. The van der Waals surface area contributed by atoms with Crippen molar-refractivity contribution in [3.05, 3.63) is 29.8 Å². The van der Waals surface area contributed by atoms with Gasteiger partial charge in [0, 0.05) is 11.7 Å². The van der Waals surface area contributed by atoms with E-state index in [1.807, 2.05) is 12.1 Å². The van der Waals surface area contributed by atoms with Crippen LogP contribution in [0, 0.1) is 29.1 Å². The van der Waals surface area contributed by atoms with Crippen LogP contribution in [-0.4, -0.2) is 12.0 Å². The van der Waals surface area contributed by atoms with Crippen LogP contribution in [0.1, 0.15) is 45.6 Å². The summed E-state index contributed by atoms with van der Waals surface area (Å²) in [6.45, 7) is 9.31. The fourth-order valence-corrected chi connectivity index (χ4v) is 4.85. The molecule has 0 heterocycles. The first-order valence-corrected chi connectivity index (χ1v) is 7.98. The van der Waals surface area contributed by atoms with Crippen molar-refractivity contribution >= 4 is 11.6 Å². The number of fused-ring (bicyclic) bond motifs is 2. The molecular weight excluding hydrogens is 258 g/mol. The van der Waals surface area contributed by atoms with E-state index in [-0.39, 0.29) is 11.4 Å². The van der Waals surface area contributed by atoms with Crippen LogP contribution in [0.4, 0.5) is 5.69 Å². The Kier molecular flexibility index (Phi) is 3.09. The van der Waals surface area contributed by atoms with E-state index in [4.69, 9.17) is 11.1 Å². The number of guanidine groups is 1. The van der Waals surface area contributed by atoms with E-state index in [9.17, 15) is 0 Å². The lowest BCUT2D eigenvalue weighted by molar-refractivity contribution is 0.137. The summed E-state index contributed by atoms with van der Waals surface area (Å²) in [6, 6.07) is 8.62. The lowest BCUT2D eigenvalue weighted by atomic mass is 9.68. The summed E-state index contributed by atoms with van der Waals surface area (Å²) in [7, 11) is 0. The Labute approximate surface area is 128 Å². The Balaban J connectivity index is 2.05. The van der Waals surface area contributed by atoms with Gasteiger partial charge in [0.2, 0.25) is 0 Å². The van der Waals surface area contributed by atoms with Crippen molar-refractivity contribution in [3.63, 3.8) is 0 Å². The molecule has 2 saturated carbocycles. The van der Waals surface area contributed by atoms with Crippen molar-refractivity contribution in [2.45, 2.75) is 53.0 Å². The summed E-state index contributed by atoms with van der Waals surface area (Å²) in [5.74, 6) is 0.928. The van der Waals surface area contributed by atoms with E-state index in [2.05, 4.69) is 44.7 Å². The van der Waals surface area contributed by atoms with Gasteiger partial charge in [0.1, 0.15) is 0 Å². The first-order valence-electron chi connectivity index (χ1n) is 7.98. The number of hydrogen-bond donors (Lipinski definition) is 2. The van der Waals surface area contributed by atoms with Gasteiger partial charge in [0.25, 0.3) is 0 Å². The fourth-order valence-electron chi connectivity index (χ4n) is 4.85. The van der Waals surface area contributed by atoms with Gasteiger partial charge in [-0.05, 0) is 54.6 Å². The number of anilines is 1. The molecule has 2 fully saturated rings. The second-order valence-electron chi connectivity index (χ2n) is 7.67. The number of benzene rings is 1. The maximum Gasteiger partial charge on any atom is 0.193 e. The van der Waals surface area contributed by atoms with Crippen LogP contribution in [0.2, 0.25) is 0 Å². The molecule has 2 bridgehead atoms. The average Bonchev–Trinajstić information content (AvgIpc) is 2.74. The van der Waals surface area contributed by atoms with Crippen molar-refractivity contribution in [1.82, 2.24) is 0 Å². The largest absolute Gasteiger partial charge is 0.370 e. The predicted octanol–water partition coefficient (Wildman–Crippen LogP) is 3.91. The van der Waals surface area contributed by atoms with Gasteiger partial charge in [-0.25, -0.2) is 0 Å². The monoisotopic (exact) mass is 285 g/mol. The zero-order valence-electron chi connectivity index (χ0n) is 13.6. The summed E-state index contributed by atoms with van der Waals surface area (Å²) < 4.78 is 0. The highest BCUT2D eigenvalue weighted by atomic mass is 15.3. The molecule has 3 atom stereocenters. The second kappa shape index (κ2) is 4.49. The van der Waals surface area contributed by atoms with E-state index < -0.39 is 0 Å². The molecule has 3 heteroatoms. The molecule has 3 N–H and O–H groups in total. The van der Waals surface area contributed by atoms with Crippen molar-refractivity contribution in [2.24, 2.45) is 22.5 Å². The first kappa shape index (κ1) is 14.4. The number of aryl methyl sites for hydroxylation is 1. The van der Waals surface area contributed by atoms with E-state index >= 15 is 0 Å². The van der Waals surface area contributed by atoms with E-state index in [0.717, 1.165) is 18.0 Å². The summed E-state index contributed by atoms with van der Waals surface area (Å²) >= 11 is 0. The minimum absolute atomic E-state index is 0.180. The van der Waals surface area contributed by atoms with Crippen LogP contribution < -0.4 is 10.6 Å². The standard InChI is InChI=1S/C18H27N3/c1-12-7-5-6-8-14(12)21(16(19)20)15-11-13-9-10-18(15,4)17(13,2)3/h5-8,13,15H,9-11H2,1-4H3,(H3,19,20). The molecule has 0 radical (unpaired) electrons. The average molecular weight is 285 g/mol. The van der Waals surface area contributed by atoms with Crippen LogP contribution in [0.5, 0.6) is 0 Å². The SMILES string of the molecule is Cc1ccccc1N(C(=N)N)C1CC2CCC1(C)C2(C)C. The van der Waals surface area contributed by atoms with Crippen LogP contribution in [0.3, 0.4) is 0 Å². The smallest absolute Gasteiger partial charge is 0.193 e. The van der Waals surface area contributed by atoms with Crippen LogP contribution >= 0.6 is 0 Å². The number of rotatable bonds is 2. The van der Waals surface area contributed by atoms with Gasteiger partial charge in [0.15, 0.2) is 5.96 Å². The summed E-state index contributed by atoms with van der Waals surface area (Å²) in [6.07, 6.45) is 3.71. The van der Waals surface area contributed by atoms with Gasteiger partial charge in [-0.2, -0.15) is 0 Å². The molecule has 0 saturated heterocycles. The second-order valence-corrected chi connectivity index (χ2v) is 7.67. The molecule has 0 spiro atoms. The van der Waals surface area contributed by atoms with Crippen molar-refractivity contribution in [1.29, 1.82) is 5.41 Å². The highest BCUT2D eigenvalue weighted by Gasteiger charge is 2.63. The minimum Gasteiger partial charge on any atom is -0.370 e. The Morgan fingerprint density at radius 2 is 1.95 bits per heavy atom. The molecule has 0 aliphatic heterocycles. The fraction of sp³-hybridized carbons (Fsp3) is 0.611. The normalized spacial score (nSPS) is 33.1. The molecule has 0 aromatic heterocycles. The Hall–Kier alpha value is -1.51. The van der Waals surface area contributed by atoms with Crippen LogP contribution in [0.15, 0.2) is 24.3 Å². The maximum atomic E-state index is 8.15. The van der Waals surface area contributed by atoms with Crippen molar-refractivity contribution in [2.75, 3.05) is 4.90 Å². The van der Waals surface area contributed by atoms with Gasteiger partial charge >= 0.3 is 0 Å². The Morgan fingerprint density at radius 3 is 2.43 bits per heavy atom. The van der Waals surface area contributed by atoms with E-state index in [0.29, 0.717) is 11.5 Å². The molecule has 3 unspecified atom stereocenters. The number of nitrogens with two attached hydrogens (primary N) is 1. The molecule has 114 valence electrons. The Morgan fingerprint density at radius 1 is 1.29 bits per heavy atom. The summed E-state index contributed by atoms with van der Waals surface area (Å²) in [4.78, 5) is 2.09. The van der Waals surface area contributed by atoms with Crippen LogP contribution in [-0.2, 0) is 0 Å². The molecule has 3 rings (SSSR count). The predicted molar refractivity (Wildman–Crippen MR) is 88.6 cm³/mol. The lowest BCUT2D eigenvalue weighted by Crippen LogP contribution is -2.52. The van der Waals surface area contributed by atoms with Crippen LogP contribution in [0.25, 0.3) is 0 Å². The van der Waals surface area contributed by atoms with Gasteiger partial charge < -0.3 is 10.6 Å². The highest BCUT2D eigenvalue weighted by Crippen LogP contribution is 2.66. The van der Waals surface area contributed by atoms with Gasteiger partial charge in [0.05, 0.1) is 0 Å². The molecule has 1 aromatic rings. The van der Waals surface area contributed by atoms with Gasteiger partial charge in [-0.3, -0.25) is 5.41 Å². The summed E-state index contributed by atoms with van der Waals surface area (Å²) in [5, 5.41) is 8.15. The zero-order valence-corrected chi connectivity index (χ0v) is 13.6. The molecule has 1 aromatic carbocycles. The number of nitrogens with zero attached hydrogens (tertiary/aromatic N) is 1. The molecule has 21 heavy (non-hydrogen) atoms. The summed E-state index contributed by atoms with van der Waals surface area (Å²) in [5.41, 5.74) is 8.85. The quantitative estimate of drug-likeness (QED) is 0.639. The molecule has 0 amide bonds. The Bertz CT molecular complexity index is 578. The molecule has 3 nitrogen and oxygen atoms in total. The maximum absolute atomic E-state index is 8.15. The van der Waals surface area contributed by atoms with Gasteiger partial charge in [-0.1, -0.05) is 39.0 Å². The minimum atomic E-state index is 0.180. The third-order valence-electron chi connectivity index (χ3n) is 6.69. The van der Waals surface area contributed by atoms with E-state index in [1.165, 1.54) is 18.4 Å². The van der Waals surface area contributed by atoms with Crippen molar-refractivity contribution in [3.8, 4) is 0 Å². The number of hydrogen-bond acceptors (Lipinski definition) is 1. The zero-order chi connectivity index (χ0) is 15.4. The van der Waals surface area contributed by atoms with E-state index in [1.54, 1.807) is 0 Å². The molecule has 2 aliphatic rings. The molecular formula is C18H27N3. The lowest BCUT2D eigenvalue weighted by Gasteiger charge is -2.45. The highest BCUT2D eigenvalue weighted by molar-refractivity contribution is 5.94. The number of para-hydroxylation sites is 1. The number of nitrogens with one attached hydrogen (secondary N) is 1. The topological polar surface area (TPSA) is 53.1 Å². The third-order valence-corrected chi connectivity index (χ3v) is 6.69.